The number of aryl methyl sites for hydroxylation is 1. The summed E-state index contributed by atoms with van der Waals surface area (Å²) in [6.07, 6.45) is 3.97. The van der Waals surface area contributed by atoms with Crippen molar-refractivity contribution in [2.24, 2.45) is 10.7 Å². The third kappa shape index (κ3) is 7.15. The molecule has 1 aromatic carbocycles. The van der Waals surface area contributed by atoms with Gasteiger partial charge in [-0.2, -0.15) is 8.42 Å². The zero-order valence-electron chi connectivity index (χ0n) is 19.8. The largest absolute Gasteiger partial charge is 0.488 e. The molecule has 3 N–H and O–H groups in total. The second-order valence-corrected chi connectivity index (χ2v) is 9.41. The highest BCUT2D eigenvalue weighted by Crippen LogP contribution is 2.36. The normalized spacial score (nSPS) is 14.9. The number of benzene rings is 1. The molecule has 2 aromatic heterocycles. The summed E-state index contributed by atoms with van der Waals surface area (Å²) in [6, 6.07) is 9.77. The zero-order valence-corrected chi connectivity index (χ0v) is 21.4. The summed E-state index contributed by atoms with van der Waals surface area (Å²) in [5, 5.41) is 1.94. The minimum atomic E-state index is -0.750. The van der Waals surface area contributed by atoms with E-state index in [1.807, 2.05) is 37.3 Å². The number of hydrogen-bond donors (Lipinski definition) is 2. The van der Waals surface area contributed by atoms with E-state index in [1.54, 1.807) is 18.0 Å². The van der Waals surface area contributed by atoms with E-state index in [9.17, 15) is 4.79 Å². The van der Waals surface area contributed by atoms with Crippen LogP contribution < -0.4 is 15.2 Å². The topological polar surface area (TPSA) is 137 Å². The molecule has 0 radical (unpaired) electrons. The second-order valence-electron chi connectivity index (χ2n) is 7.99. The van der Waals surface area contributed by atoms with Crippen molar-refractivity contribution in [3.05, 3.63) is 47.9 Å². The number of pyridine rings is 1. The van der Waals surface area contributed by atoms with Gasteiger partial charge in [-0.1, -0.05) is 25.6 Å². The zero-order chi connectivity index (χ0) is 25.4. The molecule has 0 saturated heterocycles. The molecule has 1 unspecified atom stereocenters. The Labute approximate surface area is 211 Å². The molecule has 3 heterocycles. The van der Waals surface area contributed by atoms with Gasteiger partial charge in [-0.15, -0.1) is 0 Å². The third-order valence-corrected chi connectivity index (χ3v) is 6.59. The van der Waals surface area contributed by atoms with Crippen molar-refractivity contribution in [1.29, 1.82) is 0 Å². The maximum atomic E-state index is 11.3. The van der Waals surface area contributed by atoms with E-state index in [1.165, 1.54) is 0 Å². The number of carbonyl (C=O) groups is 1. The molecule has 0 fully saturated rings. The highest BCUT2D eigenvalue weighted by molar-refractivity contribution is 8.15. The molecule has 1 aliphatic heterocycles. The van der Waals surface area contributed by atoms with E-state index in [0.29, 0.717) is 24.5 Å². The monoisotopic (exact) mass is 516 g/mol. The SMILES string of the molecule is CCC(CC)Oc1cc(Oc2ccc(C)nc2)cc2cc(C3=NCC(CC(N)=O)S3)[nH]c12.O=S=O. The summed E-state index contributed by atoms with van der Waals surface area (Å²) in [6.45, 7) is 6.76. The minimum absolute atomic E-state index is 0.0853. The van der Waals surface area contributed by atoms with Crippen LogP contribution in [0.3, 0.4) is 0 Å². The molecule has 0 spiro atoms. The number of thioether (sulfide) groups is 1. The second kappa shape index (κ2) is 12.5. The number of fused-ring (bicyclic) bond motifs is 1. The van der Waals surface area contributed by atoms with Crippen molar-refractivity contribution < 1.29 is 22.7 Å². The first-order chi connectivity index (χ1) is 16.9. The lowest BCUT2D eigenvalue weighted by Crippen LogP contribution is -2.18. The number of aliphatic imine (C=N–C) groups is 1. The molecular weight excluding hydrogens is 488 g/mol. The van der Waals surface area contributed by atoms with Crippen LogP contribution in [0.2, 0.25) is 0 Å². The number of primary amides is 1. The van der Waals surface area contributed by atoms with Crippen LogP contribution in [0.5, 0.6) is 17.2 Å². The fourth-order valence-corrected chi connectivity index (χ4v) is 4.73. The van der Waals surface area contributed by atoms with Crippen LogP contribution in [0.1, 0.15) is 44.5 Å². The summed E-state index contributed by atoms with van der Waals surface area (Å²) in [5.74, 6) is 1.80. The first-order valence-corrected chi connectivity index (χ1v) is 12.8. The van der Waals surface area contributed by atoms with Crippen LogP contribution in [0.4, 0.5) is 0 Å². The smallest absolute Gasteiger partial charge is 0.335 e. The maximum Gasteiger partial charge on any atom is 0.335 e. The van der Waals surface area contributed by atoms with Gasteiger partial charge in [-0.3, -0.25) is 14.8 Å². The highest BCUT2D eigenvalue weighted by Gasteiger charge is 2.24. The fourth-order valence-electron chi connectivity index (χ4n) is 3.63. The Kier molecular flexibility index (Phi) is 9.44. The van der Waals surface area contributed by atoms with E-state index >= 15 is 0 Å². The molecule has 35 heavy (non-hydrogen) atoms. The number of hydrogen-bond acceptors (Lipinski definition) is 8. The first-order valence-electron chi connectivity index (χ1n) is 11.2. The van der Waals surface area contributed by atoms with Crippen LogP contribution in [0.25, 0.3) is 10.9 Å². The van der Waals surface area contributed by atoms with E-state index in [0.717, 1.165) is 45.9 Å². The quantitative estimate of drug-likeness (QED) is 0.433. The molecule has 3 aromatic rings. The van der Waals surface area contributed by atoms with Gasteiger partial charge in [0.2, 0.25) is 5.91 Å². The van der Waals surface area contributed by atoms with Gasteiger partial charge in [-0.25, -0.2) is 0 Å². The maximum absolute atomic E-state index is 11.3. The fraction of sp³-hybridized carbons (Fsp3) is 0.375. The van der Waals surface area contributed by atoms with Crippen molar-refractivity contribution >= 4 is 45.2 Å². The Morgan fingerprint density at radius 3 is 2.60 bits per heavy atom. The van der Waals surface area contributed by atoms with Crippen LogP contribution in [0, 0.1) is 6.92 Å². The van der Waals surface area contributed by atoms with Crippen LogP contribution in [-0.2, 0) is 16.4 Å². The van der Waals surface area contributed by atoms with Crippen LogP contribution >= 0.6 is 11.8 Å². The number of nitrogens with one attached hydrogen (secondary N) is 1. The molecule has 11 heteroatoms. The number of amides is 1. The Morgan fingerprint density at radius 2 is 1.97 bits per heavy atom. The third-order valence-electron chi connectivity index (χ3n) is 5.37. The predicted octanol–water partition coefficient (Wildman–Crippen LogP) is 4.30. The molecule has 0 bridgehead atoms. The lowest BCUT2D eigenvalue weighted by Gasteiger charge is -2.17. The number of ether oxygens (including phenoxy) is 2. The number of aromatic amines is 1. The van der Waals surface area contributed by atoms with E-state index < -0.39 is 11.6 Å². The summed E-state index contributed by atoms with van der Waals surface area (Å²) in [4.78, 5) is 23.7. The van der Waals surface area contributed by atoms with Gasteiger partial charge in [0.15, 0.2) is 0 Å². The van der Waals surface area contributed by atoms with Crippen molar-refractivity contribution in [3.63, 3.8) is 0 Å². The van der Waals surface area contributed by atoms with Gasteiger partial charge in [0.05, 0.1) is 30.1 Å². The average molecular weight is 517 g/mol. The molecule has 4 rings (SSSR count). The number of nitrogens with two attached hydrogens (primary N) is 1. The van der Waals surface area contributed by atoms with Gasteiger partial charge in [0, 0.05) is 28.8 Å². The number of carbonyl (C=O) groups excluding carboxylic acids is 1. The minimum Gasteiger partial charge on any atom is -0.488 e. The number of H-pyrrole nitrogens is 1. The first kappa shape index (κ1) is 26.4. The van der Waals surface area contributed by atoms with Gasteiger partial charge in [0.25, 0.3) is 0 Å². The molecule has 9 nitrogen and oxygen atoms in total. The molecule has 0 aliphatic carbocycles. The lowest BCUT2D eigenvalue weighted by atomic mass is 10.2. The molecular formula is C24H28N4O5S2. The van der Waals surface area contributed by atoms with Crippen molar-refractivity contribution in [2.75, 3.05) is 6.54 Å². The summed E-state index contributed by atoms with van der Waals surface area (Å²) < 4.78 is 29.0. The van der Waals surface area contributed by atoms with Gasteiger partial charge in [0.1, 0.15) is 22.3 Å². The lowest BCUT2D eigenvalue weighted by molar-refractivity contribution is -0.117. The Morgan fingerprint density at radius 1 is 1.23 bits per heavy atom. The Bertz CT molecular complexity index is 1230. The van der Waals surface area contributed by atoms with Gasteiger partial charge >= 0.3 is 11.6 Å². The molecule has 1 amide bonds. The molecule has 0 saturated carbocycles. The van der Waals surface area contributed by atoms with Crippen molar-refractivity contribution in [1.82, 2.24) is 9.97 Å². The van der Waals surface area contributed by atoms with Crippen molar-refractivity contribution in [3.8, 4) is 17.2 Å². The summed E-state index contributed by atoms with van der Waals surface area (Å²) in [5.41, 5.74) is 8.10. The van der Waals surface area contributed by atoms with Gasteiger partial charge in [-0.05, 0) is 44.0 Å². The van der Waals surface area contributed by atoms with Crippen molar-refractivity contribution in [2.45, 2.75) is 51.4 Å². The summed E-state index contributed by atoms with van der Waals surface area (Å²) in [7, 11) is 0. The average Bonchev–Trinajstić information content (AvgIpc) is 3.46. The molecule has 1 atom stereocenters. The Balaban J connectivity index is 0.00000108. The Hall–Kier alpha value is -3.18. The number of aromatic nitrogens is 2. The van der Waals surface area contributed by atoms with E-state index in [2.05, 4.69) is 28.8 Å². The van der Waals surface area contributed by atoms with E-state index in [4.69, 9.17) is 23.6 Å². The standard InChI is InChI=1S/C24H28N4O3S.O2S/c1-4-16(5-2)31-21-10-18(30-17-7-6-14(3)26-12-17)8-15-9-20(28-23(15)21)24-27-13-19(32-24)11-22(25)29;1-3-2/h6-10,12,16,19,28H,4-5,11,13H2,1-3H3,(H2,25,29);. The number of rotatable bonds is 9. The van der Waals surface area contributed by atoms with Crippen LogP contribution in [-0.4, -0.2) is 47.2 Å². The summed E-state index contributed by atoms with van der Waals surface area (Å²) >= 11 is 0.832. The van der Waals surface area contributed by atoms with Crippen LogP contribution in [0.15, 0.2) is 41.5 Å². The molecule has 1 aliphatic rings. The van der Waals surface area contributed by atoms with Gasteiger partial charge < -0.3 is 20.2 Å². The number of nitrogens with zero attached hydrogens (tertiary/aromatic N) is 2. The van der Waals surface area contributed by atoms with E-state index in [-0.39, 0.29) is 17.3 Å². The molecule has 186 valence electrons. The predicted molar refractivity (Wildman–Crippen MR) is 138 cm³/mol. The highest BCUT2D eigenvalue weighted by atomic mass is 32.2.